The van der Waals surface area contributed by atoms with E-state index >= 15 is 0 Å². The Hall–Kier alpha value is -1.66. The molecule has 108 valence electrons. The summed E-state index contributed by atoms with van der Waals surface area (Å²) >= 11 is 5.03. The Morgan fingerprint density at radius 3 is 2.80 bits per heavy atom. The number of amides is 1. The zero-order valence-corrected chi connectivity index (χ0v) is 12.3. The van der Waals surface area contributed by atoms with Gasteiger partial charge in [0.15, 0.2) is 0 Å². The third kappa shape index (κ3) is 3.68. The van der Waals surface area contributed by atoms with E-state index in [-0.39, 0.29) is 11.9 Å². The number of carbonyl (C=O) groups excluding carboxylic acids is 1. The highest BCUT2D eigenvalue weighted by Gasteiger charge is 2.28. The molecular weight excluding hydrogens is 274 g/mol. The van der Waals surface area contributed by atoms with E-state index in [0.29, 0.717) is 11.5 Å². The van der Waals surface area contributed by atoms with E-state index in [1.54, 1.807) is 7.11 Å². The Morgan fingerprint density at radius 2 is 2.20 bits per heavy atom. The van der Waals surface area contributed by atoms with Crippen molar-refractivity contribution in [1.82, 2.24) is 4.90 Å². The summed E-state index contributed by atoms with van der Waals surface area (Å²) in [4.78, 5) is 14.5. The number of carbonyl (C=O) groups is 1. The molecule has 0 aromatic heterocycles. The molecule has 2 rings (SSSR count). The van der Waals surface area contributed by atoms with Gasteiger partial charge in [0.05, 0.1) is 24.7 Å². The van der Waals surface area contributed by atoms with Crippen molar-refractivity contribution in [2.45, 2.75) is 18.9 Å². The molecule has 1 atom stereocenters. The number of nitrogens with zero attached hydrogens (tertiary/aromatic N) is 1. The van der Waals surface area contributed by atoms with Crippen molar-refractivity contribution >= 4 is 28.8 Å². The van der Waals surface area contributed by atoms with E-state index in [9.17, 15) is 4.79 Å². The first-order chi connectivity index (χ1) is 9.60. The molecule has 1 aliphatic heterocycles. The Balaban J connectivity index is 1.90. The van der Waals surface area contributed by atoms with Crippen molar-refractivity contribution in [3.63, 3.8) is 0 Å². The molecule has 20 heavy (non-hydrogen) atoms. The van der Waals surface area contributed by atoms with E-state index in [0.717, 1.165) is 30.8 Å². The minimum absolute atomic E-state index is 0.0478. The van der Waals surface area contributed by atoms with Crippen LogP contribution >= 0.6 is 12.2 Å². The van der Waals surface area contributed by atoms with Crippen molar-refractivity contribution in [3.05, 3.63) is 24.3 Å². The lowest BCUT2D eigenvalue weighted by Crippen LogP contribution is -2.43. The van der Waals surface area contributed by atoms with Gasteiger partial charge < -0.3 is 15.8 Å². The maximum absolute atomic E-state index is 12.0. The lowest BCUT2D eigenvalue weighted by atomic mass is 10.2. The number of anilines is 1. The molecule has 0 saturated carbocycles. The average molecular weight is 293 g/mol. The van der Waals surface area contributed by atoms with Crippen LogP contribution in [0.1, 0.15) is 12.8 Å². The summed E-state index contributed by atoms with van der Waals surface area (Å²) in [6, 6.07) is 7.29. The molecule has 0 radical (unpaired) electrons. The minimum Gasteiger partial charge on any atom is -0.497 e. The first-order valence-corrected chi connectivity index (χ1v) is 6.98. The van der Waals surface area contributed by atoms with Crippen LogP contribution in [0.2, 0.25) is 0 Å². The highest BCUT2D eigenvalue weighted by Crippen LogP contribution is 2.18. The number of likely N-dealkylation sites (tertiary alicyclic amines) is 1. The number of ether oxygens (including phenoxy) is 1. The summed E-state index contributed by atoms with van der Waals surface area (Å²) in [5, 5.41) is 2.86. The molecule has 1 heterocycles. The van der Waals surface area contributed by atoms with E-state index < -0.39 is 0 Å². The maximum atomic E-state index is 12.0. The van der Waals surface area contributed by atoms with Gasteiger partial charge in [-0.2, -0.15) is 0 Å². The number of nitrogens with one attached hydrogen (secondary N) is 1. The predicted molar refractivity (Wildman–Crippen MR) is 83.0 cm³/mol. The lowest BCUT2D eigenvalue weighted by Gasteiger charge is -2.22. The van der Waals surface area contributed by atoms with Gasteiger partial charge >= 0.3 is 0 Å². The molecule has 1 aliphatic rings. The molecule has 1 aromatic rings. The number of thiocarbonyl (C=S) groups is 1. The van der Waals surface area contributed by atoms with E-state index in [2.05, 4.69) is 5.32 Å². The fourth-order valence-corrected chi connectivity index (χ4v) is 2.66. The topological polar surface area (TPSA) is 67.6 Å². The zero-order chi connectivity index (χ0) is 14.5. The second kappa shape index (κ2) is 6.67. The SMILES string of the molecule is COc1ccc(NC(=O)CN2CCCC2C(N)=S)cc1. The summed E-state index contributed by atoms with van der Waals surface area (Å²) in [7, 11) is 1.61. The number of methoxy groups -OCH3 is 1. The van der Waals surface area contributed by atoms with Gasteiger partial charge in [0.1, 0.15) is 5.75 Å². The summed E-state index contributed by atoms with van der Waals surface area (Å²) in [6.45, 7) is 1.17. The van der Waals surface area contributed by atoms with Crippen LogP contribution < -0.4 is 15.8 Å². The molecule has 1 saturated heterocycles. The second-order valence-electron chi connectivity index (χ2n) is 4.81. The molecule has 5 nitrogen and oxygen atoms in total. The van der Waals surface area contributed by atoms with Gasteiger partial charge in [-0.05, 0) is 43.7 Å². The normalized spacial score (nSPS) is 18.8. The highest BCUT2D eigenvalue weighted by molar-refractivity contribution is 7.80. The first-order valence-electron chi connectivity index (χ1n) is 6.57. The van der Waals surface area contributed by atoms with E-state index in [1.807, 2.05) is 29.2 Å². The monoisotopic (exact) mass is 293 g/mol. The van der Waals surface area contributed by atoms with E-state index in [1.165, 1.54) is 0 Å². The Morgan fingerprint density at radius 1 is 1.50 bits per heavy atom. The van der Waals surface area contributed by atoms with Gasteiger partial charge in [0.2, 0.25) is 5.91 Å². The molecule has 0 aliphatic carbocycles. The predicted octanol–water partition coefficient (Wildman–Crippen LogP) is 1.38. The van der Waals surface area contributed by atoms with Gasteiger partial charge in [-0.25, -0.2) is 0 Å². The third-order valence-corrected chi connectivity index (χ3v) is 3.68. The lowest BCUT2D eigenvalue weighted by molar-refractivity contribution is -0.117. The summed E-state index contributed by atoms with van der Waals surface area (Å²) in [6.07, 6.45) is 1.96. The van der Waals surface area contributed by atoms with Crippen LogP contribution in [-0.4, -0.2) is 42.0 Å². The maximum Gasteiger partial charge on any atom is 0.238 e. The number of hydrogen-bond donors (Lipinski definition) is 2. The van der Waals surface area contributed by atoms with Gasteiger partial charge in [0.25, 0.3) is 0 Å². The van der Waals surface area contributed by atoms with Crippen molar-refractivity contribution in [1.29, 1.82) is 0 Å². The molecular formula is C14H19N3O2S. The van der Waals surface area contributed by atoms with Crippen LogP contribution in [-0.2, 0) is 4.79 Å². The van der Waals surface area contributed by atoms with Crippen molar-refractivity contribution in [3.8, 4) is 5.75 Å². The zero-order valence-electron chi connectivity index (χ0n) is 11.5. The van der Waals surface area contributed by atoms with Crippen LogP contribution in [0.3, 0.4) is 0 Å². The van der Waals surface area contributed by atoms with E-state index in [4.69, 9.17) is 22.7 Å². The fraction of sp³-hybridized carbons (Fsp3) is 0.429. The number of benzene rings is 1. The van der Waals surface area contributed by atoms with Gasteiger partial charge in [-0.1, -0.05) is 12.2 Å². The summed E-state index contributed by atoms with van der Waals surface area (Å²) in [5.41, 5.74) is 6.44. The second-order valence-corrected chi connectivity index (χ2v) is 5.28. The minimum atomic E-state index is -0.0571. The molecule has 1 fully saturated rings. The van der Waals surface area contributed by atoms with Gasteiger partial charge in [0, 0.05) is 5.69 Å². The third-order valence-electron chi connectivity index (χ3n) is 3.41. The quantitative estimate of drug-likeness (QED) is 0.803. The molecule has 0 bridgehead atoms. The standard InChI is InChI=1S/C14H19N3O2S/c1-19-11-6-4-10(5-7-11)16-13(18)9-17-8-2-3-12(17)14(15)20/h4-7,12H,2-3,8-9H2,1H3,(H2,15,20)(H,16,18). The molecule has 6 heteroatoms. The Bertz CT molecular complexity index is 490. The van der Waals surface area contributed by atoms with Gasteiger partial charge in [-0.3, -0.25) is 9.69 Å². The van der Waals surface area contributed by atoms with Crippen LogP contribution in [0, 0.1) is 0 Å². The Labute approximate surface area is 124 Å². The highest BCUT2D eigenvalue weighted by atomic mass is 32.1. The average Bonchev–Trinajstić information content (AvgIpc) is 2.87. The molecule has 1 aromatic carbocycles. The van der Waals surface area contributed by atoms with Crippen molar-refractivity contribution in [2.75, 3.05) is 25.5 Å². The Kier molecular flexibility index (Phi) is 4.92. The van der Waals surface area contributed by atoms with Crippen molar-refractivity contribution < 1.29 is 9.53 Å². The summed E-state index contributed by atoms with van der Waals surface area (Å²) < 4.78 is 5.07. The number of nitrogens with two attached hydrogens (primary N) is 1. The fourth-order valence-electron chi connectivity index (χ4n) is 2.40. The van der Waals surface area contributed by atoms with Gasteiger partial charge in [-0.15, -0.1) is 0 Å². The van der Waals surface area contributed by atoms with Crippen molar-refractivity contribution in [2.24, 2.45) is 5.73 Å². The van der Waals surface area contributed by atoms with Crippen LogP contribution in [0.15, 0.2) is 24.3 Å². The molecule has 1 unspecified atom stereocenters. The first kappa shape index (κ1) is 14.7. The molecule has 3 N–H and O–H groups in total. The van der Waals surface area contributed by atoms with Crippen LogP contribution in [0.25, 0.3) is 0 Å². The molecule has 0 spiro atoms. The van der Waals surface area contributed by atoms with Crippen LogP contribution in [0.5, 0.6) is 5.75 Å². The smallest absolute Gasteiger partial charge is 0.238 e. The number of rotatable bonds is 5. The van der Waals surface area contributed by atoms with Crippen LogP contribution in [0.4, 0.5) is 5.69 Å². The summed E-state index contributed by atoms with van der Waals surface area (Å²) in [5.74, 6) is 0.703. The molecule has 1 amide bonds. The number of hydrogen-bond acceptors (Lipinski definition) is 4. The largest absolute Gasteiger partial charge is 0.497 e.